The molecule has 1 heterocycles. The minimum absolute atomic E-state index is 0.00106. The van der Waals surface area contributed by atoms with Gasteiger partial charge >= 0.3 is 0 Å². The standard InChI is InChI=1S/C26H31F2N5O2S/c1-26(6-7-26)17-35-24(25(34)31-22-13-19(27)12-20(28)14-22)23(15-29)32-8-10-33(11-9-32)36-16-18-2-4-21(30)5-3-18/h2-5,12-15,29H,6-11,16-17,30H2,1H3,(H,31,34)/b24-23-,29-15?. The molecule has 1 aliphatic carbocycles. The fraction of sp³-hybridized carbons (Fsp3) is 0.385. The molecule has 2 fully saturated rings. The van der Waals surface area contributed by atoms with Gasteiger partial charge in [0.15, 0.2) is 0 Å². The Hall–Kier alpha value is -3.11. The Morgan fingerprint density at radius 1 is 1.14 bits per heavy atom. The van der Waals surface area contributed by atoms with Crippen molar-refractivity contribution in [3.63, 3.8) is 0 Å². The summed E-state index contributed by atoms with van der Waals surface area (Å²) in [6.45, 7) is 5.09. The van der Waals surface area contributed by atoms with Crippen molar-refractivity contribution in [2.75, 3.05) is 43.8 Å². The van der Waals surface area contributed by atoms with Crippen molar-refractivity contribution in [2.24, 2.45) is 5.41 Å². The number of hydrogen-bond acceptors (Lipinski definition) is 7. The summed E-state index contributed by atoms with van der Waals surface area (Å²) < 4.78 is 35.5. The van der Waals surface area contributed by atoms with Crippen LogP contribution in [-0.4, -0.2) is 54.1 Å². The molecule has 7 nitrogen and oxygen atoms in total. The first kappa shape index (κ1) is 26.0. The van der Waals surface area contributed by atoms with Crippen LogP contribution in [0, 0.1) is 22.5 Å². The number of nitrogen functional groups attached to an aromatic ring is 1. The number of benzene rings is 2. The third-order valence-corrected chi connectivity index (χ3v) is 7.53. The van der Waals surface area contributed by atoms with Crippen molar-refractivity contribution in [1.29, 1.82) is 5.41 Å². The third kappa shape index (κ3) is 6.98. The molecule has 4 rings (SSSR count). The van der Waals surface area contributed by atoms with E-state index in [-0.39, 0.29) is 16.9 Å². The summed E-state index contributed by atoms with van der Waals surface area (Å²) in [4.78, 5) is 15.1. The maximum atomic E-state index is 13.6. The fourth-order valence-electron chi connectivity index (χ4n) is 3.81. The van der Waals surface area contributed by atoms with Gasteiger partial charge in [0, 0.05) is 61.0 Å². The summed E-state index contributed by atoms with van der Waals surface area (Å²) in [5, 5.41) is 10.6. The average Bonchev–Trinajstić information content (AvgIpc) is 3.58. The van der Waals surface area contributed by atoms with E-state index in [1.165, 1.54) is 5.56 Å². The van der Waals surface area contributed by atoms with Crippen LogP contribution in [-0.2, 0) is 15.3 Å². The Morgan fingerprint density at radius 3 is 2.36 bits per heavy atom. The molecule has 0 spiro atoms. The lowest BCUT2D eigenvalue weighted by atomic mass is 10.2. The topological polar surface area (TPSA) is 94.7 Å². The highest BCUT2D eigenvalue weighted by molar-refractivity contribution is 7.96. The zero-order chi connectivity index (χ0) is 25.7. The molecule has 0 atom stereocenters. The zero-order valence-corrected chi connectivity index (χ0v) is 21.0. The van der Waals surface area contributed by atoms with Gasteiger partial charge in [0.1, 0.15) is 17.3 Å². The van der Waals surface area contributed by atoms with E-state index in [9.17, 15) is 13.6 Å². The molecular formula is C26H31F2N5O2S. The third-order valence-electron chi connectivity index (χ3n) is 6.34. The fourth-order valence-corrected chi connectivity index (χ4v) is 4.76. The minimum atomic E-state index is -0.790. The monoisotopic (exact) mass is 515 g/mol. The predicted molar refractivity (Wildman–Crippen MR) is 139 cm³/mol. The summed E-state index contributed by atoms with van der Waals surface area (Å²) in [6, 6.07) is 10.6. The number of ether oxygens (including phenoxy) is 1. The molecule has 1 aliphatic heterocycles. The van der Waals surface area contributed by atoms with E-state index in [0.29, 0.717) is 25.4 Å². The summed E-state index contributed by atoms with van der Waals surface area (Å²) >= 11 is 1.73. The SMILES string of the molecule is CC1(CO/C(C(=O)Nc2cc(F)cc(F)c2)=C(/C=N)N2CCN(SCc3ccc(N)cc3)CC2)CC1. The van der Waals surface area contributed by atoms with E-state index in [4.69, 9.17) is 15.9 Å². The second-order valence-corrected chi connectivity index (χ2v) is 10.6. The van der Waals surface area contributed by atoms with Gasteiger partial charge in [-0.25, -0.2) is 13.1 Å². The molecule has 2 aromatic rings. The molecule has 10 heteroatoms. The number of halogens is 2. The van der Waals surface area contributed by atoms with Gasteiger partial charge in [0.05, 0.1) is 6.61 Å². The highest BCUT2D eigenvalue weighted by atomic mass is 32.2. The lowest BCUT2D eigenvalue weighted by molar-refractivity contribution is -0.116. The van der Waals surface area contributed by atoms with Gasteiger partial charge in [-0.05, 0) is 42.7 Å². The molecule has 2 aromatic carbocycles. The van der Waals surface area contributed by atoms with Crippen LogP contribution in [0.25, 0.3) is 0 Å². The first-order valence-electron chi connectivity index (χ1n) is 11.9. The van der Waals surface area contributed by atoms with Crippen LogP contribution in [0.1, 0.15) is 25.3 Å². The van der Waals surface area contributed by atoms with Crippen LogP contribution in [0.15, 0.2) is 53.9 Å². The maximum absolute atomic E-state index is 13.6. The van der Waals surface area contributed by atoms with Gasteiger partial charge in [-0.1, -0.05) is 31.0 Å². The molecule has 0 radical (unpaired) electrons. The van der Waals surface area contributed by atoms with Crippen molar-refractivity contribution in [1.82, 2.24) is 9.21 Å². The van der Waals surface area contributed by atoms with E-state index >= 15 is 0 Å². The van der Waals surface area contributed by atoms with Crippen molar-refractivity contribution >= 4 is 35.4 Å². The first-order chi connectivity index (χ1) is 17.2. The Bertz CT molecular complexity index is 1110. The lowest BCUT2D eigenvalue weighted by Gasteiger charge is -2.36. The van der Waals surface area contributed by atoms with Gasteiger partial charge in [-0.2, -0.15) is 0 Å². The molecule has 36 heavy (non-hydrogen) atoms. The van der Waals surface area contributed by atoms with E-state index < -0.39 is 17.5 Å². The largest absolute Gasteiger partial charge is 0.486 e. The number of amides is 1. The summed E-state index contributed by atoms with van der Waals surface area (Å²) in [6.07, 6.45) is 3.12. The van der Waals surface area contributed by atoms with Gasteiger partial charge in [0.25, 0.3) is 5.91 Å². The second-order valence-electron chi connectivity index (χ2n) is 9.50. The minimum Gasteiger partial charge on any atom is -0.486 e. The number of rotatable bonds is 10. The quantitative estimate of drug-likeness (QED) is 0.140. The maximum Gasteiger partial charge on any atom is 0.293 e. The summed E-state index contributed by atoms with van der Waals surface area (Å²) in [5.74, 6) is -1.40. The summed E-state index contributed by atoms with van der Waals surface area (Å²) in [5.41, 5.74) is 8.03. The Labute approximate surface area is 214 Å². The predicted octanol–water partition coefficient (Wildman–Crippen LogP) is 4.63. The molecule has 0 unspecified atom stereocenters. The highest BCUT2D eigenvalue weighted by Gasteiger charge is 2.39. The molecule has 192 valence electrons. The molecular weight excluding hydrogens is 484 g/mol. The van der Waals surface area contributed by atoms with E-state index in [1.807, 2.05) is 29.2 Å². The first-order valence-corrected chi connectivity index (χ1v) is 12.8. The van der Waals surface area contributed by atoms with Crippen molar-refractivity contribution in [3.8, 4) is 0 Å². The molecule has 0 bridgehead atoms. The Balaban J connectivity index is 1.44. The average molecular weight is 516 g/mol. The molecule has 1 amide bonds. The number of anilines is 2. The molecule has 1 saturated heterocycles. The van der Waals surface area contributed by atoms with E-state index in [2.05, 4.69) is 16.5 Å². The van der Waals surface area contributed by atoms with Crippen molar-refractivity contribution in [3.05, 3.63) is 71.1 Å². The molecule has 4 N–H and O–H groups in total. The smallest absolute Gasteiger partial charge is 0.293 e. The zero-order valence-electron chi connectivity index (χ0n) is 20.2. The molecule has 1 saturated carbocycles. The molecule has 2 aliphatic rings. The van der Waals surface area contributed by atoms with Gasteiger partial charge < -0.3 is 26.1 Å². The highest BCUT2D eigenvalue weighted by Crippen LogP contribution is 2.45. The van der Waals surface area contributed by atoms with E-state index in [0.717, 1.165) is 61.8 Å². The number of nitrogens with two attached hydrogens (primary N) is 1. The number of nitrogens with zero attached hydrogens (tertiary/aromatic N) is 2. The van der Waals surface area contributed by atoms with Crippen LogP contribution in [0.3, 0.4) is 0 Å². The van der Waals surface area contributed by atoms with Gasteiger partial charge in [-0.3, -0.25) is 4.79 Å². The van der Waals surface area contributed by atoms with Crippen LogP contribution < -0.4 is 11.1 Å². The normalized spacial score (nSPS) is 17.8. The number of allylic oxidation sites excluding steroid dienone is 1. The number of carbonyl (C=O) groups is 1. The van der Waals surface area contributed by atoms with Crippen LogP contribution in [0.4, 0.5) is 20.2 Å². The van der Waals surface area contributed by atoms with Crippen LogP contribution >= 0.6 is 11.9 Å². The van der Waals surface area contributed by atoms with Crippen LogP contribution in [0.5, 0.6) is 0 Å². The number of nitrogens with one attached hydrogen (secondary N) is 2. The lowest BCUT2D eigenvalue weighted by Crippen LogP contribution is -2.44. The Kier molecular flexibility index (Phi) is 8.15. The number of hydrogen-bond donors (Lipinski definition) is 3. The number of piperazine rings is 1. The number of carbonyl (C=O) groups excluding carboxylic acids is 1. The van der Waals surface area contributed by atoms with Crippen molar-refractivity contribution in [2.45, 2.75) is 25.5 Å². The molecule has 0 aromatic heterocycles. The van der Waals surface area contributed by atoms with Crippen molar-refractivity contribution < 1.29 is 18.3 Å². The van der Waals surface area contributed by atoms with Crippen LogP contribution in [0.2, 0.25) is 0 Å². The van der Waals surface area contributed by atoms with Gasteiger partial charge in [0.2, 0.25) is 5.76 Å². The second kappa shape index (κ2) is 11.3. The Morgan fingerprint density at radius 2 is 1.78 bits per heavy atom. The van der Waals surface area contributed by atoms with Gasteiger partial charge in [-0.15, -0.1) is 0 Å². The summed E-state index contributed by atoms with van der Waals surface area (Å²) in [7, 11) is 0. The van der Waals surface area contributed by atoms with E-state index in [1.54, 1.807) is 11.9 Å².